The highest BCUT2D eigenvalue weighted by Gasteiger charge is 2.40. The van der Waals surface area contributed by atoms with Gasteiger partial charge in [0.25, 0.3) is 0 Å². The number of hydrogen-bond donors (Lipinski definition) is 1. The van der Waals surface area contributed by atoms with E-state index in [1.807, 2.05) is 61.2 Å². The van der Waals surface area contributed by atoms with Crippen LogP contribution in [0.25, 0.3) is 10.9 Å². The van der Waals surface area contributed by atoms with E-state index in [2.05, 4.69) is 17.1 Å². The minimum Gasteiger partial charge on any atom is -0.489 e. The molecular weight excluding hydrogens is 388 g/mol. The number of carbonyl (C=O) groups is 1. The average molecular weight is 419 g/mol. The molecule has 1 atom stereocenters. The molecule has 0 saturated carbocycles. The number of amides is 1. The number of para-hydroxylation sites is 1. The first-order chi connectivity index (χ1) is 15.0. The Morgan fingerprint density at radius 3 is 2.71 bits per heavy atom. The highest BCUT2D eigenvalue weighted by Crippen LogP contribution is 2.36. The van der Waals surface area contributed by atoms with E-state index < -0.39 is 5.41 Å². The summed E-state index contributed by atoms with van der Waals surface area (Å²) in [7, 11) is 0. The standard InChI is InChI=1S/C26H30N2O3/c1-19-17-20(23-7-3-4-8-24(23)27-19)18-31-22-11-9-21(10-12-22)26(2)13-5-14-28(25(26)30)15-6-16-29/h3-4,7-12,17,29H,5-6,13-16,18H2,1-2H3. The molecule has 5 nitrogen and oxygen atoms in total. The fourth-order valence-corrected chi connectivity index (χ4v) is 4.52. The molecular formula is C26H30N2O3. The SMILES string of the molecule is Cc1cc(COc2ccc(C3(C)CCCN(CCCO)C3=O)cc2)c2ccccc2n1. The summed E-state index contributed by atoms with van der Waals surface area (Å²) in [5, 5.41) is 10.2. The van der Waals surface area contributed by atoms with Crippen LogP contribution >= 0.6 is 0 Å². The Morgan fingerprint density at radius 2 is 1.94 bits per heavy atom. The summed E-state index contributed by atoms with van der Waals surface area (Å²) in [4.78, 5) is 19.6. The molecule has 1 aliphatic heterocycles. The number of hydrogen-bond acceptors (Lipinski definition) is 4. The van der Waals surface area contributed by atoms with Gasteiger partial charge in [-0.2, -0.15) is 0 Å². The molecule has 0 aliphatic carbocycles. The number of piperidine rings is 1. The van der Waals surface area contributed by atoms with Gasteiger partial charge in [0.15, 0.2) is 0 Å². The van der Waals surface area contributed by atoms with Crippen molar-refractivity contribution in [2.24, 2.45) is 0 Å². The van der Waals surface area contributed by atoms with E-state index >= 15 is 0 Å². The number of rotatable bonds is 7. The van der Waals surface area contributed by atoms with Crippen molar-refractivity contribution in [3.8, 4) is 5.75 Å². The molecule has 1 N–H and O–H groups in total. The Kier molecular flexibility index (Phi) is 6.23. The zero-order valence-corrected chi connectivity index (χ0v) is 18.3. The maximum Gasteiger partial charge on any atom is 0.232 e. The molecule has 0 spiro atoms. The fourth-order valence-electron chi connectivity index (χ4n) is 4.52. The van der Waals surface area contributed by atoms with E-state index in [-0.39, 0.29) is 12.5 Å². The molecule has 1 fully saturated rings. The third kappa shape index (κ3) is 4.42. The van der Waals surface area contributed by atoms with E-state index in [1.54, 1.807) is 0 Å². The molecule has 1 saturated heterocycles. The number of aliphatic hydroxyl groups is 1. The lowest BCUT2D eigenvalue weighted by Gasteiger charge is -2.40. The molecule has 4 rings (SSSR count). The third-order valence-electron chi connectivity index (χ3n) is 6.27. The topological polar surface area (TPSA) is 62.7 Å². The first kappa shape index (κ1) is 21.3. The molecule has 3 aromatic rings. The first-order valence-corrected chi connectivity index (χ1v) is 11.0. The third-order valence-corrected chi connectivity index (χ3v) is 6.27. The largest absolute Gasteiger partial charge is 0.489 e. The van der Waals surface area contributed by atoms with E-state index in [9.17, 15) is 4.79 Å². The monoisotopic (exact) mass is 418 g/mol. The average Bonchev–Trinajstić information content (AvgIpc) is 2.78. The first-order valence-electron chi connectivity index (χ1n) is 11.0. The lowest BCUT2D eigenvalue weighted by atomic mass is 9.75. The summed E-state index contributed by atoms with van der Waals surface area (Å²) in [6, 6.07) is 18.1. The second-order valence-electron chi connectivity index (χ2n) is 8.56. The number of fused-ring (bicyclic) bond motifs is 1. The summed E-state index contributed by atoms with van der Waals surface area (Å²) in [6.45, 7) is 5.99. The Bertz CT molecular complexity index is 1060. The molecule has 1 aromatic heterocycles. The molecule has 0 bridgehead atoms. The smallest absolute Gasteiger partial charge is 0.232 e. The molecule has 2 heterocycles. The molecule has 0 radical (unpaired) electrons. The van der Waals surface area contributed by atoms with Crippen LogP contribution in [0.3, 0.4) is 0 Å². The van der Waals surface area contributed by atoms with Gasteiger partial charge >= 0.3 is 0 Å². The van der Waals surface area contributed by atoms with Crippen molar-refractivity contribution >= 4 is 16.8 Å². The number of aromatic nitrogens is 1. The van der Waals surface area contributed by atoms with E-state index in [0.29, 0.717) is 19.6 Å². The summed E-state index contributed by atoms with van der Waals surface area (Å²) in [6.07, 6.45) is 2.43. The number of benzene rings is 2. The number of nitrogens with zero attached hydrogens (tertiary/aromatic N) is 2. The van der Waals surface area contributed by atoms with Crippen LogP contribution in [0.4, 0.5) is 0 Å². The summed E-state index contributed by atoms with van der Waals surface area (Å²) >= 11 is 0. The predicted molar refractivity (Wildman–Crippen MR) is 122 cm³/mol. The van der Waals surface area contributed by atoms with Crippen molar-refractivity contribution in [3.63, 3.8) is 0 Å². The Labute approximate surface area is 183 Å². The van der Waals surface area contributed by atoms with Crippen LogP contribution in [0, 0.1) is 6.92 Å². The zero-order valence-electron chi connectivity index (χ0n) is 18.3. The van der Waals surface area contributed by atoms with Crippen LogP contribution in [0.15, 0.2) is 54.6 Å². The van der Waals surface area contributed by atoms with Gasteiger partial charge in [-0.25, -0.2) is 0 Å². The second kappa shape index (κ2) is 9.06. The van der Waals surface area contributed by atoms with Crippen molar-refractivity contribution in [1.82, 2.24) is 9.88 Å². The molecule has 1 aliphatic rings. The minimum atomic E-state index is -0.523. The van der Waals surface area contributed by atoms with Crippen LogP contribution in [-0.4, -0.2) is 40.6 Å². The minimum absolute atomic E-state index is 0.110. The molecule has 162 valence electrons. The normalized spacial score (nSPS) is 19.1. The molecule has 2 aromatic carbocycles. The van der Waals surface area contributed by atoms with Gasteiger partial charge in [0, 0.05) is 36.3 Å². The van der Waals surface area contributed by atoms with Crippen molar-refractivity contribution in [3.05, 3.63) is 71.4 Å². The highest BCUT2D eigenvalue weighted by atomic mass is 16.5. The molecule has 31 heavy (non-hydrogen) atoms. The quantitative estimate of drug-likeness (QED) is 0.618. The Hall–Kier alpha value is -2.92. The van der Waals surface area contributed by atoms with Crippen molar-refractivity contribution in [2.45, 2.75) is 45.1 Å². The molecule has 1 amide bonds. The van der Waals surface area contributed by atoms with Crippen LogP contribution < -0.4 is 4.74 Å². The van der Waals surface area contributed by atoms with Crippen molar-refractivity contribution < 1.29 is 14.6 Å². The van der Waals surface area contributed by atoms with Gasteiger partial charge in [0.2, 0.25) is 5.91 Å². The fraction of sp³-hybridized carbons (Fsp3) is 0.385. The van der Waals surface area contributed by atoms with Crippen LogP contribution in [-0.2, 0) is 16.8 Å². The maximum absolute atomic E-state index is 13.1. The second-order valence-corrected chi connectivity index (χ2v) is 8.56. The summed E-state index contributed by atoms with van der Waals surface area (Å²) in [5.74, 6) is 0.936. The number of likely N-dealkylation sites (tertiary alicyclic amines) is 1. The van der Waals surface area contributed by atoms with Gasteiger partial charge < -0.3 is 14.7 Å². The molecule has 5 heteroatoms. The number of pyridine rings is 1. The zero-order chi connectivity index (χ0) is 21.8. The number of aliphatic hydroxyl groups excluding tert-OH is 1. The lowest BCUT2D eigenvalue weighted by Crippen LogP contribution is -2.50. The highest BCUT2D eigenvalue weighted by molar-refractivity contribution is 5.88. The van der Waals surface area contributed by atoms with Gasteiger partial charge in [0.1, 0.15) is 12.4 Å². The van der Waals surface area contributed by atoms with E-state index in [0.717, 1.165) is 52.9 Å². The number of carbonyl (C=O) groups excluding carboxylic acids is 1. The van der Waals surface area contributed by atoms with Crippen LogP contribution in [0.5, 0.6) is 5.75 Å². The van der Waals surface area contributed by atoms with Gasteiger partial charge in [-0.05, 0) is 62.9 Å². The Balaban J connectivity index is 1.48. The Morgan fingerprint density at radius 1 is 1.16 bits per heavy atom. The van der Waals surface area contributed by atoms with Crippen molar-refractivity contribution in [1.29, 1.82) is 0 Å². The van der Waals surface area contributed by atoms with Gasteiger partial charge in [-0.1, -0.05) is 30.3 Å². The van der Waals surface area contributed by atoms with Gasteiger partial charge in [-0.3, -0.25) is 9.78 Å². The number of ether oxygens (including phenoxy) is 1. The summed E-state index contributed by atoms with van der Waals surface area (Å²) < 4.78 is 6.08. The molecule has 1 unspecified atom stereocenters. The van der Waals surface area contributed by atoms with Gasteiger partial charge in [-0.15, -0.1) is 0 Å². The predicted octanol–water partition coefficient (Wildman–Crippen LogP) is 4.38. The van der Waals surface area contributed by atoms with Crippen LogP contribution in [0.2, 0.25) is 0 Å². The van der Waals surface area contributed by atoms with E-state index in [4.69, 9.17) is 9.84 Å². The van der Waals surface area contributed by atoms with Crippen LogP contribution in [0.1, 0.15) is 43.0 Å². The summed E-state index contributed by atoms with van der Waals surface area (Å²) in [5.41, 5.74) is 3.56. The van der Waals surface area contributed by atoms with Gasteiger partial charge in [0.05, 0.1) is 10.9 Å². The lowest BCUT2D eigenvalue weighted by molar-refractivity contribution is -0.140. The van der Waals surface area contributed by atoms with Crippen molar-refractivity contribution in [2.75, 3.05) is 19.7 Å². The number of aryl methyl sites for hydroxylation is 1. The maximum atomic E-state index is 13.1. The van der Waals surface area contributed by atoms with E-state index in [1.165, 1.54) is 0 Å².